The summed E-state index contributed by atoms with van der Waals surface area (Å²) in [4.78, 5) is 5.46. The maximum atomic E-state index is 10.5. The molecule has 0 saturated carbocycles. The summed E-state index contributed by atoms with van der Waals surface area (Å²) in [5.41, 5.74) is 3.73. The number of β-amino-alcohol motifs (C(OH)–C–C–N with tert-alkyl or cyclic N) is 1. The number of hydrogen-bond donors (Lipinski definition) is 2. The molecule has 4 aromatic rings. The number of benzene rings is 2. The van der Waals surface area contributed by atoms with Gasteiger partial charge in [0.25, 0.3) is 0 Å². The minimum absolute atomic E-state index is 0.285. The van der Waals surface area contributed by atoms with Gasteiger partial charge in [-0.15, -0.1) is 11.3 Å². The van der Waals surface area contributed by atoms with Gasteiger partial charge in [0.1, 0.15) is 18.5 Å². The van der Waals surface area contributed by atoms with Gasteiger partial charge < -0.3 is 14.8 Å². The Morgan fingerprint density at radius 3 is 3.00 bits per heavy atom. The van der Waals surface area contributed by atoms with Crippen LogP contribution in [0, 0.1) is 0 Å². The van der Waals surface area contributed by atoms with E-state index in [4.69, 9.17) is 16.3 Å². The maximum Gasteiger partial charge on any atom is 0.128 e. The van der Waals surface area contributed by atoms with Crippen LogP contribution in [0.25, 0.3) is 26.6 Å². The number of thiophene rings is 1. The fourth-order valence-electron chi connectivity index (χ4n) is 4.09. The number of nitrogens with one attached hydrogen (secondary N) is 1. The topological polar surface area (TPSA) is 48.5 Å². The zero-order chi connectivity index (χ0) is 20.5. The monoisotopic (exact) mass is 438 g/mol. The van der Waals surface area contributed by atoms with Crippen molar-refractivity contribution in [1.29, 1.82) is 0 Å². The summed E-state index contributed by atoms with van der Waals surface area (Å²) in [6.07, 6.45) is 4.63. The van der Waals surface area contributed by atoms with Gasteiger partial charge in [0.15, 0.2) is 0 Å². The van der Waals surface area contributed by atoms with Crippen LogP contribution < -0.4 is 4.74 Å². The molecule has 2 aromatic carbocycles. The fourth-order valence-corrected chi connectivity index (χ4v) is 5.35. The van der Waals surface area contributed by atoms with Crippen molar-refractivity contribution in [1.82, 2.24) is 9.88 Å². The molecule has 2 N–H and O–H groups in total. The lowest BCUT2D eigenvalue weighted by molar-refractivity contribution is 0.0722. The van der Waals surface area contributed by atoms with Gasteiger partial charge in [-0.25, -0.2) is 0 Å². The Labute approximate surface area is 184 Å². The van der Waals surface area contributed by atoms with Crippen molar-refractivity contribution >= 4 is 49.5 Å². The summed E-state index contributed by atoms with van der Waals surface area (Å²) in [7, 11) is 0. The second-order valence-corrected chi connectivity index (χ2v) is 9.04. The highest BCUT2D eigenvalue weighted by Crippen LogP contribution is 2.35. The molecule has 1 aliphatic heterocycles. The first-order chi connectivity index (χ1) is 14.7. The molecule has 5 rings (SSSR count). The zero-order valence-electron chi connectivity index (χ0n) is 16.5. The van der Waals surface area contributed by atoms with Crippen LogP contribution in [0.2, 0.25) is 5.02 Å². The van der Waals surface area contributed by atoms with Gasteiger partial charge in [-0.2, -0.15) is 0 Å². The van der Waals surface area contributed by atoms with Crippen LogP contribution >= 0.6 is 22.9 Å². The number of halogens is 1. The van der Waals surface area contributed by atoms with Crippen LogP contribution in [-0.2, 0) is 0 Å². The zero-order valence-corrected chi connectivity index (χ0v) is 18.0. The van der Waals surface area contributed by atoms with Gasteiger partial charge in [-0.3, -0.25) is 4.90 Å². The SMILES string of the molecule is OC(COc1cccc2[nH]ccc12)CN1CC=C(c2csc3cc(Cl)ccc23)CC1. The minimum atomic E-state index is -0.529. The Bertz CT molecular complexity index is 1210. The summed E-state index contributed by atoms with van der Waals surface area (Å²) in [6, 6.07) is 14.0. The number of H-pyrrole nitrogens is 1. The molecule has 0 aliphatic carbocycles. The maximum absolute atomic E-state index is 10.5. The molecule has 0 amide bonds. The van der Waals surface area contributed by atoms with E-state index in [1.54, 1.807) is 11.3 Å². The number of nitrogens with zero attached hydrogens (tertiary/aromatic N) is 1. The van der Waals surface area contributed by atoms with E-state index in [0.29, 0.717) is 6.54 Å². The largest absolute Gasteiger partial charge is 0.490 e. The summed E-state index contributed by atoms with van der Waals surface area (Å²) in [5, 5.41) is 15.8. The molecule has 1 aliphatic rings. The third-order valence-corrected chi connectivity index (χ3v) is 6.81. The first kappa shape index (κ1) is 19.6. The Hall–Kier alpha value is -2.31. The lowest BCUT2D eigenvalue weighted by Crippen LogP contribution is -2.38. The molecule has 0 spiro atoms. The average molecular weight is 439 g/mol. The molecule has 2 aromatic heterocycles. The number of ether oxygens (including phenoxy) is 1. The van der Waals surface area contributed by atoms with Gasteiger partial charge in [-0.05, 0) is 53.3 Å². The molecule has 3 heterocycles. The molecule has 0 bridgehead atoms. The smallest absolute Gasteiger partial charge is 0.128 e. The van der Waals surface area contributed by atoms with E-state index >= 15 is 0 Å². The van der Waals surface area contributed by atoms with E-state index in [0.717, 1.165) is 41.2 Å². The van der Waals surface area contributed by atoms with E-state index in [1.165, 1.54) is 21.2 Å². The second kappa shape index (κ2) is 8.44. The van der Waals surface area contributed by atoms with Crippen molar-refractivity contribution < 1.29 is 9.84 Å². The molecule has 1 unspecified atom stereocenters. The number of aliphatic hydroxyl groups is 1. The summed E-state index contributed by atoms with van der Waals surface area (Å²) in [5.74, 6) is 0.804. The van der Waals surface area contributed by atoms with Crippen molar-refractivity contribution in [2.24, 2.45) is 0 Å². The Kier molecular flexibility index (Phi) is 5.52. The number of hydrogen-bond acceptors (Lipinski definition) is 4. The van der Waals surface area contributed by atoms with E-state index in [1.807, 2.05) is 42.6 Å². The molecule has 0 radical (unpaired) electrons. The molecular formula is C24H23ClN2O2S. The van der Waals surface area contributed by atoms with E-state index in [2.05, 4.69) is 27.4 Å². The quantitative estimate of drug-likeness (QED) is 0.414. The highest BCUT2D eigenvalue weighted by molar-refractivity contribution is 7.17. The molecule has 30 heavy (non-hydrogen) atoms. The lowest BCUT2D eigenvalue weighted by atomic mass is 9.99. The van der Waals surface area contributed by atoms with Crippen molar-refractivity contribution in [3.8, 4) is 5.75 Å². The van der Waals surface area contributed by atoms with Crippen LogP contribution in [0.5, 0.6) is 5.75 Å². The predicted octanol–water partition coefficient (Wildman–Crippen LogP) is 5.57. The van der Waals surface area contributed by atoms with Crippen LogP contribution in [0.3, 0.4) is 0 Å². The Morgan fingerprint density at radius 2 is 2.13 bits per heavy atom. The van der Waals surface area contributed by atoms with Crippen molar-refractivity contribution in [3.05, 3.63) is 70.7 Å². The summed E-state index contributed by atoms with van der Waals surface area (Å²) >= 11 is 7.86. The first-order valence-electron chi connectivity index (χ1n) is 10.1. The Morgan fingerprint density at radius 1 is 1.20 bits per heavy atom. The molecule has 4 nitrogen and oxygen atoms in total. The normalized spacial score (nSPS) is 16.1. The van der Waals surface area contributed by atoms with Gasteiger partial charge in [0.2, 0.25) is 0 Å². The van der Waals surface area contributed by atoms with Crippen LogP contribution in [-0.4, -0.2) is 47.3 Å². The third kappa shape index (κ3) is 3.98. The van der Waals surface area contributed by atoms with Gasteiger partial charge in [0, 0.05) is 51.8 Å². The molecular weight excluding hydrogens is 416 g/mol. The number of aliphatic hydroxyl groups excluding tert-OH is 1. The predicted molar refractivity (Wildman–Crippen MR) is 126 cm³/mol. The first-order valence-corrected chi connectivity index (χ1v) is 11.4. The number of rotatable bonds is 6. The van der Waals surface area contributed by atoms with E-state index < -0.39 is 6.10 Å². The van der Waals surface area contributed by atoms with Crippen molar-refractivity contribution in [2.45, 2.75) is 12.5 Å². The molecule has 6 heteroatoms. The number of fused-ring (bicyclic) bond motifs is 2. The van der Waals surface area contributed by atoms with E-state index in [-0.39, 0.29) is 6.61 Å². The van der Waals surface area contributed by atoms with Gasteiger partial charge in [0.05, 0.1) is 0 Å². The van der Waals surface area contributed by atoms with E-state index in [9.17, 15) is 5.11 Å². The lowest BCUT2D eigenvalue weighted by Gasteiger charge is -2.28. The second-order valence-electron chi connectivity index (χ2n) is 7.69. The van der Waals surface area contributed by atoms with Crippen molar-refractivity contribution in [2.75, 3.05) is 26.2 Å². The molecule has 154 valence electrons. The minimum Gasteiger partial charge on any atom is -0.490 e. The number of aromatic nitrogens is 1. The fraction of sp³-hybridized carbons (Fsp3) is 0.250. The van der Waals surface area contributed by atoms with Crippen LogP contribution in [0.4, 0.5) is 0 Å². The van der Waals surface area contributed by atoms with Crippen LogP contribution in [0.1, 0.15) is 12.0 Å². The molecule has 0 fully saturated rings. The Balaban J connectivity index is 1.19. The average Bonchev–Trinajstić information content (AvgIpc) is 3.39. The molecule has 1 atom stereocenters. The van der Waals surface area contributed by atoms with Crippen LogP contribution in [0.15, 0.2) is 60.1 Å². The van der Waals surface area contributed by atoms with Crippen molar-refractivity contribution in [3.63, 3.8) is 0 Å². The third-order valence-electron chi connectivity index (χ3n) is 5.63. The standard InChI is InChI=1S/C24H23ClN2O2S/c25-17-4-5-19-21(15-30-24(19)12-17)16-7-10-27(11-8-16)13-18(28)14-29-23-3-1-2-22-20(23)6-9-26-22/h1-7,9,12,15,18,26,28H,8,10-11,13-14H2. The molecule has 0 saturated heterocycles. The highest BCUT2D eigenvalue weighted by atomic mass is 35.5. The van der Waals surface area contributed by atoms with Gasteiger partial charge in [-0.1, -0.05) is 29.8 Å². The highest BCUT2D eigenvalue weighted by Gasteiger charge is 2.18. The summed E-state index contributed by atoms with van der Waals surface area (Å²) < 4.78 is 7.12. The summed E-state index contributed by atoms with van der Waals surface area (Å²) in [6.45, 7) is 2.66. The van der Waals surface area contributed by atoms with Gasteiger partial charge >= 0.3 is 0 Å². The number of aromatic amines is 1.